The highest BCUT2D eigenvalue weighted by Crippen LogP contribution is 2.32. The Morgan fingerprint density at radius 3 is 3.00 bits per heavy atom. The Balaban J connectivity index is 2.02. The molecule has 2 heterocycles. The van der Waals surface area contributed by atoms with E-state index in [-0.39, 0.29) is 5.56 Å². The number of nitriles is 1. The van der Waals surface area contributed by atoms with Gasteiger partial charge in [-0.05, 0) is 18.2 Å². The van der Waals surface area contributed by atoms with Crippen LogP contribution in [0, 0.1) is 17.1 Å². The van der Waals surface area contributed by atoms with Crippen LogP contribution in [0.5, 0.6) is 0 Å². The van der Waals surface area contributed by atoms with Gasteiger partial charge in [0, 0.05) is 4.90 Å². The van der Waals surface area contributed by atoms with E-state index in [9.17, 15) is 4.39 Å². The summed E-state index contributed by atoms with van der Waals surface area (Å²) in [7, 11) is 0. The number of nitrogens with zero attached hydrogens (tertiary/aromatic N) is 4. The number of nitrogens with one attached hydrogen (secondary N) is 1. The highest BCUT2D eigenvalue weighted by Gasteiger charge is 2.10. The second-order valence-electron chi connectivity index (χ2n) is 3.67. The first-order valence-electron chi connectivity index (χ1n) is 5.29. The molecule has 0 fully saturated rings. The van der Waals surface area contributed by atoms with Crippen LogP contribution in [-0.4, -0.2) is 20.2 Å². The molecule has 7 heteroatoms. The van der Waals surface area contributed by atoms with Crippen LogP contribution in [0.4, 0.5) is 4.39 Å². The summed E-state index contributed by atoms with van der Waals surface area (Å²) in [5, 5.41) is 16.6. The summed E-state index contributed by atoms with van der Waals surface area (Å²) in [6.45, 7) is 0. The number of rotatable bonds is 2. The summed E-state index contributed by atoms with van der Waals surface area (Å²) in [4.78, 5) is 8.54. The Kier molecular flexibility index (Phi) is 2.85. The van der Waals surface area contributed by atoms with E-state index >= 15 is 0 Å². The fourth-order valence-electron chi connectivity index (χ4n) is 1.58. The van der Waals surface area contributed by atoms with Crippen molar-refractivity contribution in [3.05, 3.63) is 42.1 Å². The molecule has 3 aromatic rings. The third kappa shape index (κ3) is 2.13. The molecule has 0 radical (unpaired) electrons. The van der Waals surface area contributed by atoms with Crippen molar-refractivity contribution in [3.8, 4) is 6.07 Å². The van der Waals surface area contributed by atoms with Gasteiger partial charge in [0.25, 0.3) is 0 Å². The molecular formula is C12H6FN5S. The average molecular weight is 271 g/mol. The molecule has 0 aliphatic carbocycles. The maximum atomic E-state index is 13.8. The zero-order chi connectivity index (χ0) is 13.2. The molecular weight excluding hydrogens is 265 g/mol. The lowest BCUT2D eigenvalue weighted by molar-refractivity contribution is 0.601. The van der Waals surface area contributed by atoms with Gasteiger partial charge in [0.15, 0.2) is 5.65 Å². The van der Waals surface area contributed by atoms with Crippen LogP contribution in [-0.2, 0) is 0 Å². The van der Waals surface area contributed by atoms with Crippen molar-refractivity contribution >= 4 is 22.8 Å². The van der Waals surface area contributed by atoms with E-state index in [1.165, 1.54) is 24.2 Å². The first kappa shape index (κ1) is 11.6. The lowest BCUT2D eigenvalue weighted by atomic mass is 10.2. The summed E-state index contributed by atoms with van der Waals surface area (Å²) < 4.78 is 13.8. The maximum absolute atomic E-state index is 13.8. The van der Waals surface area contributed by atoms with Gasteiger partial charge in [-0.15, -0.1) is 0 Å². The molecule has 3 rings (SSSR count). The van der Waals surface area contributed by atoms with Gasteiger partial charge in [0.05, 0.1) is 23.2 Å². The Labute approximate surface area is 111 Å². The fraction of sp³-hybridized carbons (Fsp3) is 0. The van der Waals surface area contributed by atoms with Crippen molar-refractivity contribution in [2.45, 2.75) is 9.92 Å². The molecule has 0 aliphatic heterocycles. The smallest absolute Gasteiger partial charge is 0.159 e. The quantitative estimate of drug-likeness (QED) is 0.724. The van der Waals surface area contributed by atoms with Gasteiger partial charge in [-0.2, -0.15) is 10.4 Å². The van der Waals surface area contributed by atoms with Crippen molar-refractivity contribution in [1.82, 2.24) is 20.2 Å². The molecule has 0 saturated heterocycles. The molecule has 1 aromatic carbocycles. The van der Waals surface area contributed by atoms with Crippen LogP contribution in [0.3, 0.4) is 0 Å². The molecule has 5 nitrogen and oxygen atoms in total. The normalized spacial score (nSPS) is 10.5. The number of aromatic nitrogens is 4. The molecule has 0 aliphatic rings. The van der Waals surface area contributed by atoms with E-state index in [0.29, 0.717) is 15.6 Å². The summed E-state index contributed by atoms with van der Waals surface area (Å²) in [5.74, 6) is -0.445. The Bertz CT molecular complexity index is 792. The zero-order valence-electron chi connectivity index (χ0n) is 9.46. The summed E-state index contributed by atoms with van der Waals surface area (Å²) in [6.07, 6.45) is 2.99. The second kappa shape index (κ2) is 4.66. The van der Waals surface area contributed by atoms with Crippen molar-refractivity contribution in [1.29, 1.82) is 5.26 Å². The van der Waals surface area contributed by atoms with Crippen molar-refractivity contribution in [2.75, 3.05) is 0 Å². The van der Waals surface area contributed by atoms with E-state index in [2.05, 4.69) is 20.2 Å². The summed E-state index contributed by atoms with van der Waals surface area (Å²) >= 11 is 1.17. The molecule has 0 amide bonds. The van der Waals surface area contributed by atoms with Crippen LogP contribution in [0.25, 0.3) is 11.0 Å². The predicted octanol–water partition coefficient (Wildman–Crippen LogP) is 2.51. The number of fused-ring (bicyclic) bond motifs is 1. The summed E-state index contributed by atoms with van der Waals surface area (Å²) in [5.41, 5.74) is 0.893. The molecule has 0 saturated carbocycles. The van der Waals surface area contributed by atoms with Gasteiger partial charge < -0.3 is 0 Å². The standard InChI is InChI=1S/C12H6FN5S/c13-9-3-7(4-14)1-2-10(9)19-12-8-5-17-18-11(8)15-6-16-12/h1-3,5-6H,(H,15,16,17,18). The van der Waals surface area contributed by atoms with Gasteiger partial charge >= 0.3 is 0 Å². The molecule has 0 unspecified atom stereocenters. The molecule has 2 aromatic heterocycles. The third-order valence-electron chi connectivity index (χ3n) is 2.48. The summed E-state index contributed by atoms with van der Waals surface area (Å²) in [6, 6.07) is 6.23. The molecule has 19 heavy (non-hydrogen) atoms. The van der Waals surface area contributed by atoms with Gasteiger partial charge in [0.1, 0.15) is 17.2 Å². The number of benzene rings is 1. The predicted molar refractivity (Wildman–Crippen MR) is 66.9 cm³/mol. The number of halogens is 1. The minimum Gasteiger partial charge on any atom is -0.261 e. The third-order valence-corrected chi connectivity index (χ3v) is 3.55. The van der Waals surface area contributed by atoms with Crippen LogP contribution >= 0.6 is 11.8 Å². The number of aromatic amines is 1. The molecule has 0 bridgehead atoms. The van der Waals surface area contributed by atoms with Crippen molar-refractivity contribution < 1.29 is 4.39 Å². The lowest BCUT2D eigenvalue weighted by Gasteiger charge is -2.03. The highest BCUT2D eigenvalue weighted by molar-refractivity contribution is 7.99. The molecule has 92 valence electrons. The van der Waals surface area contributed by atoms with Gasteiger partial charge in [-0.3, -0.25) is 5.10 Å². The van der Waals surface area contributed by atoms with Crippen LogP contribution < -0.4 is 0 Å². The van der Waals surface area contributed by atoms with Crippen molar-refractivity contribution in [2.24, 2.45) is 0 Å². The molecule has 0 spiro atoms. The highest BCUT2D eigenvalue weighted by atomic mass is 32.2. The number of hydrogen-bond acceptors (Lipinski definition) is 5. The van der Waals surface area contributed by atoms with Gasteiger partial charge in [-0.1, -0.05) is 11.8 Å². The minimum atomic E-state index is -0.445. The van der Waals surface area contributed by atoms with E-state index < -0.39 is 5.82 Å². The first-order chi connectivity index (χ1) is 9.28. The van der Waals surface area contributed by atoms with Crippen molar-refractivity contribution in [3.63, 3.8) is 0 Å². The van der Waals surface area contributed by atoms with Gasteiger partial charge in [0.2, 0.25) is 0 Å². The number of hydrogen-bond donors (Lipinski definition) is 1. The monoisotopic (exact) mass is 271 g/mol. The molecule has 1 N–H and O–H groups in total. The van der Waals surface area contributed by atoms with Crippen LogP contribution in [0.1, 0.15) is 5.56 Å². The largest absolute Gasteiger partial charge is 0.261 e. The fourth-order valence-corrected chi connectivity index (χ4v) is 2.44. The second-order valence-corrected chi connectivity index (χ2v) is 4.70. The maximum Gasteiger partial charge on any atom is 0.159 e. The van der Waals surface area contributed by atoms with Crippen LogP contribution in [0.2, 0.25) is 0 Å². The minimum absolute atomic E-state index is 0.290. The van der Waals surface area contributed by atoms with E-state index in [1.54, 1.807) is 18.3 Å². The van der Waals surface area contributed by atoms with E-state index in [0.717, 1.165) is 5.39 Å². The topological polar surface area (TPSA) is 78.2 Å². The zero-order valence-corrected chi connectivity index (χ0v) is 10.3. The lowest BCUT2D eigenvalue weighted by Crippen LogP contribution is -1.87. The average Bonchev–Trinajstić information content (AvgIpc) is 2.90. The first-order valence-corrected chi connectivity index (χ1v) is 6.11. The van der Waals surface area contributed by atoms with Gasteiger partial charge in [-0.25, -0.2) is 14.4 Å². The molecule has 0 atom stereocenters. The SMILES string of the molecule is N#Cc1ccc(Sc2ncnc3[nH]ncc23)c(F)c1. The number of H-pyrrole nitrogens is 1. The van der Waals surface area contributed by atoms with E-state index in [4.69, 9.17) is 5.26 Å². The Hall–Kier alpha value is -2.46. The Morgan fingerprint density at radius 1 is 1.32 bits per heavy atom. The van der Waals surface area contributed by atoms with E-state index in [1.807, 2.05) is 6.07 Å². The Morgan fingerprint density at radius 2 is 2.21 bits per heavy atom. The van der Waals surface area contributed by atoms with Crippen LogP contribution in [0.15, 0.2) is 40.6 Å².